The second kappa shape index (κ2) is 5.73. The van der Waals surface area contributed by atoms with E-state index < -0.39 is 6.10 Å². The zero-order chi connectivity index (χ0) is 13.8. The van der Waals surface area contributed by atoms with Crippen molar-refractivity contribution in [3.05, 3.63) is 35.5 Å². The van der Waals surface area contributed by atoms with Crippen LogP contribution in [0, 0.1) is 11.8 Å². The van der Waals surface area contributed by atoms with E-state index in [0.717, 1.165) is 22.2 Å². The lowest BCUT2D eigenvalue weighted by atomic mass is 10.0. The predicted molar refractivity (Wildman–Crippen MR) is 76.1 cm³/mol. The third-order valence-corrected chi connectivity index (χ3v) is 3.04. The molecule has 98 valence electrons. The average molecular weight is 255 g/mol. The molecule has 1 heterocycles. The fourth-order valence-electron chi connectivity index (χ4n) is 1.98. The van der Waals surface area contributed by atoms with Crippen molar-refractivity contribution >= 4 is 10.9 Å². The number of rotatable bonds is 3. The van der Waals surface area contributed by atoms with Gasteiger partial charge in [0.15, 0.2) is 0 Å². The summed E-state index contributed by atoms with van der Waals surface area (Å²) in [5.74, 6) is 6.56. The zero-order valence-corrected chi connectivity index (χ0v) is 11.4. The second-order valence-electron chi connectivity index (χ2n) is 4.28. The zero-order valence-electron chi connectivity index (χ0n) is 11.4. The van der Waals surface area contributed by atoms with Crippen LogP contribution >= 0.6 is 0 Å². The largest absolute Gasteiger partial charge is 0.497 e. The van der Waals surface area contributed by atoms with Crippen LogP contribution in [0.1, 0.15) is 37.6 Å². The van der Waals surface area contributed by atoms with Crippen LogP contribution < -0.4 is 4.74 Å². The molecule has 3 nitrogen and oxygen atoms in total. The normalized spacial score (nSPS) is 11.8. The van der Waals surface area contributed by atoms with Crippen molar-refractivity contribution in [2.45, 2.75) is 26.4 Å². The number of nitrogens with zero attached hydrogens (tertiary/aromatic N) is 1. The van der Waals surface area contributed by atoms with Gasteiger partial charge in [-0.25, -0.2) is 4.98 Å². The Morgan fingerprint density at radius 3 is 2.79 bits per heavy atom. The SMILES string of the molecule is CC#Cc1nc2cc(OC)ccc2cc1C(O)CC. The summed E-state index contributed by atoms with van der Waals surface area (Å²) >= 11 is 0. The summed E-state index contributed by atoms with van der Waals surface area (Å²) in [5, 5.41) is 11.0. The smallest absolute Gasteiger partial charge is 0.121 e. The molecule has 0 aliphatic rings. The number of aliphatic hydroxyl groups is 1. The Kier molecular flexibility index (Phi) is 4.03. The van der Waals surface area contributed by atoms with Crippen LogP contribution in [0.5, 0.6) is 5.75 Å². The third kappa shape index (κ3) is 2.69. The van der Waals surface area contributed by atoms with Crippen LogP contribution in [-0.2, 0) is 0 Å². The van der Waals surface area contributed by atoms with E-state index in [1.165, 1.54) is 0 Å². The van der Waals surface area contributed by atoms with E-state index in [1.54, 1.807) is 14.0 Å². The van der Waals surface area contributed by atoms with Crippen LogP contribution in [0.2, 0.25) is 0 Å². The van der Waals surface area contributed by atoms with Crippen molar-refractivity contribution < 1.29 is 9.84 Å². The molecule has 0 bridgehead atoms. The van der Waals surface area contributed by atoms with E-state index in [2.05, 4.69) is 16.8 Å². The van der Waals surface area contributed by atoms with Gasteiger partial charge in [-0.1, -0.05) is 12.8 Å². The number of pyridine rings is 1. The summed E-state index contributed by atoms with van der Waals surface area (Å²) in [6, 6.07) is 7.65. The first-order valence-corrected chi connectivity index (χ1v) is 6.29. The summed E-state index contributed by atoms with van der Waals surface area (Å²) < 4.78 is 5.20. The molecule has 1 atom stereocenters. The van der Waals surface area contributed by atoms with Crippen LogP contribution in [0.15, 0.2) is 24.3 Å². The van der Waals surface area contributed by atoms with Crippen molar-refractivity contribution in [1.82, 2.24) is 4.98 Å². The molecule has 0 radical (unpaired) electrons. The lowest BCUT2D eigenvalue weighted by Crippen LogP contribution is -2.01. The number of methoxy groups -OCH3 is 1. The number of aromatic nitrogens is 1. The molecule has 3 heteroatoms. The van der Waals surface area contributed by atoms with Crippen molar-refractivity contribution in [3.8, 4) is 17.6 Å². The Hall–Kier alpha value is -2.05. The lowest BCUT2D eigenvalue weighted by molar-refractivity contribution is 0.173. The highest BCUT2D eigenvalue weighted by molar-refractivity contribution is 5.81. The molecule has 0 aliphatic heterocycles. The summed E-state index contributed by atoms with van der Waals surface area (Å²) in [4.78, 5) is 4.53. The molecule has 0 saturated heterocycles. The Morgan fingerprint density at radius 2 is 2.16 bits per heavy atom. The Labute approximate surface area is 113 Å². The Balaban J connectivity index is 2.67. The maximum atomic E-state index is 10.1. The molecule has 2 rings (SSSR count). The summed E-state index contributed by atoms with van der Waals surface area (Å²) in [5.41, 5.74) is 2.25. The molecule has 0 aliphatic carbocycles. The van der Waals surface area contributed by atoms with Crippen LogP contribution in [0.25, 0.3) is 10.9 Å². The first-order valence-electron chi connectivity index (χ1n) is 6.29. The monoisotopic (exact) mass is 255 g/mol. The van der Waals surface area contributed by atoms with E-state index in [1.807, 2.05) is 31.2 Å². The van der Waals surface area contributed by atoms with Gasteiger partial charge in [-0.3, -0.25) is 0 Å². The van der Waals surface area contributed by atoms with Gasteiger partial charge in [0.25, 0.3) is 0 Å². The van der Waals surface area contributed by atoms with Gasteiger partial charge in [-0.15, -0.1) is 0 Å². The van der Waals surface area contributed by atoms with Crippen molar-refractivity contribution in [1.29, 1.82) is 0 Å². The number of hydrogen-bond donors (Lipinski definition) is 1. The van der Waals surface area contributed by atoms with Gasteiger partial charge in [0.05, 0.1) is 18.7 Å². The van der Waals surface area contributed by atoms with Gasteiger partial charge >= 0.3 is 0 Å². The minimum absolute atomic E-state index is 0.533. The molecule has 1 unspecified atom stereocenters. The molecule has 19 heavy (non-hydrogen) atoms. The number of hydrogen-bond acceptors (Lipinski definition) is 3. The minimum atomic E-state index is -0.533. The third-order valence-electron chi connectivity index (χ3n) is 3.04. The standard InChI is InChI=1S/C16H17NO2/c1-4-6-14-13(16(18)5-2)9-11-7-8-12(19-3)10-15(11)17-14/h7-10,16,18H,5H2,1-3H3. The Morgan fingerprint density at radius 1 is 1.37 bits per heavy atom. The topological polar surface area (TPSA) is 42.4 Å². The minimum Gasteiger partial charge on any atom is -0.497 e. The van der Waals surface area contributed by atoms with Crippen molar-refractivity contribution in [2.24, 2.45) is 0 Å². The molecular formula is C16H17NO2. The molecule has 2 aromatic rings. The number of fused-ring (bicyclic) bond motifs is 1. The average Bonchev–Trinajstić information content (AvgIpc) is 2.45. The maximum Gasteiger partial charge on any atom is 0.121 e. The maximum absolute atomic E-state index is 10.1. The van der Waals surface area contributed by atoms with E-state index in [9.17, 15) is 5.11 Å². The van der Waals surface area contributed by atoms with Gasteiger partial charge in [0.2, 0.25) is 0 Å². The predicted octanol–water partition coefficient (Wildman–Crippen LogP) is 3.06. The molecular weight excluding hydrogens is 238 g/mol. The second-order valence-corrected chi connectivity index (χ2v) is 4.28. The van der Waals surface area contributed by atoms with E-state index >= 15 is 0 Å². The molecule has 0 fully saturated rings. The van der Waals surface area contributed by atoms with Crippen molar-refractivity contribution in [3.63, 3.8) is 0 Å². The Bertz CT molecular complexity index is 653. The quantitative estimate of drug-likeness (QED) is 0.857. The number of ether oxygens (including phenoxy) is 1. The lowest BCUT2D eigenvalue weighted by Gasteiger charge is -2.12. The summed E-state index contributed by atoms with van der Waals surface area (Å²) in [6.45, 7) is 3.70. The van der Waals surface area contributed by atoms with Gasteiger partial charge in [-0.05, 0) is 37.5 Å². The van der Waals surface area contributed by atoms with Gasteiger partial charge in [0, 0.05) is 17.0 Å². The van der Waals surface area contributed by atoms with Crippen LogP contribution in [0.3, 0.4) is 0 Å². The van der Waals surface area contributed by atoms with Gasteiger partial charge < -0.3 is 9.84 Å². The first-order chi connectivity index (χ1) is 9.19. The first kappa shape index (κ1) is 13.4. The number of benzene rings is 1. The molecule has 0 saturated carbocycles. The highest BCUT2D eigenvalue weighted by atomic mass is 16.5. The van der Waals surface area contributed by atoms with Crippen LogP contribution in [-0.4, -0.2) is 17.2 Å². The summed E-state index contributed by atoms with van der Waals surface area (Å²) in [6.07, 6.45) is 0.108. The molecule has 1 aromatic carbocycles. The molecule has 0 amide bonds. The van der Waals surface area contributed by atoms with E-state index in [0.29, 0.717) is 12.1 Å². The highest BCUT2D eigenvalue weighted by Gasteiger charge is 2.12. The fourth-order valence-corrected chi connectivity index (χ4v) is 1.98. The van der Waals surface area contributed by atoms with Crippen LogP contribution in [0.4, 0.5) is 0 Å². The van der Waals surface area contributed by atoms with E-state index in [-0.39, 0.29) is 0 Å². The summed E-state index contributed by atoms with van der Waals surface area (Å²) in [7, 11) is 1.63. The fraction of sp³-hybridized carbons (Fsp3) is 0.312. The van der Waals surface area contributed by atoms with Gasteiger partial charge in [-0.2, -0.15) is 0 Å². The number of aliphatic hydroxyl groups excluding tert-OH is 1. The van der Waals surface area contributed by atoms with Gasteiger partial charge in [0.1, 0.15) is 11.4 Å². The molecule has 0 spiro atoms. The molecule has 1 aromatic heterocycles. The highest BCUT2D eigenvalue weighted by Crippen LogP contribution is 2.26. The van der Waals surface area contributed by atoms with Crippen molar-refractivity contribution in [2.75, 3.05) is 7.11 Å². The molecule has 1 N–H and O–H groups in total. The van der Waals surface area contributed by atoms with E-state index in [4.69, 9.17) is 4.74 Å².